The maximum atomic E-state index is 13.1. The highest BCUT2D eigenvalue weighted by Gasteiger charge is 2.38. The average Bonchev–Trinajstić information content (AvgIpc) is 3.43. The maximum absolute atomic E-state index is 13.1. The van der Waals surface area contributed by atoms with E-state index in [0.717, 1.165) is 5.76 Å². The summed E-state index contributed by atoms with van der Waals surface area (Å²) in [5.41, 5.74) is 0.0299. The van der Waals surface area contributed by atoms with E-state index in [1.807, 2.05) is 36.0 Å². The second kappa shape index (κ2) is 8.77. The summed E-state index contributed by atoms with van der Waals surface area (Å²) in [7, 11) is 3.84. The molecule has 1 aliphatic rings. The molecule has 1 unspecified atom stereocenters. The lowest BCUT2D eigenvalue weighted by molar-refractivity contribution is -0.146. The SMILES string of the molecule is CN(C)C(CNC(=O)C1CCN(c2ccc3nnc(C(F)(F)F)n3n2)CC1)c1ccco1. The van der Waals surface area contributed by atoms with Crippen LogP contribution in [0.25, 0.3) is 5.65 Å². The van der Waals surface area contributed by atoms with Crippen LogP contribution in [0, 0.1) is 5.92 Å². The molecule has 1 aliphatic heterocycles. The first-order valence-corrected chi connectivity index (χ1v) is 10.3. The maximum Gasteiger partial charge on any atom is 0.453 e. The Bertz CT molecular complexity index is 1060. The fraction of sp³-hybridized carbons (Fsp3) is 0.500. The molecule has 0 aliphatic carbocycles. The van der Waals surface area contributed by atoms with E-state index in [1.165, 1.54) is 6.07 Å². The summed E-state index contributed by atoms with van der Waals surface area (Å²) in [5.74, 6) is -0.193. The minimum Gasteiger partial charge on any atom is -0.468 e. The number of alkyl halides is 3. The molecule has 0 radical (unpaired) electrons. The van der Waals surface area contributed by atoms with E-state index in [-0.39, 0.29) is 23.5 Å². The molecule has 1 amide bonds. The summed E-state index contributed by atoms with van der Waals surface area (Å²) in [5, 5.41) is 13.8. The van der Waals surface area contributed by atoms with Gasteiger partial charge in [0.2, 0.25) is 5.91 Å². The fourth-order valence-corrected chi connectivity index (χ4v) is 3.86. The number of anilines is 1. The molecule has 1 saturated heterocycles. The Morgan fingerprint density at radius 2 is 2.00 bits per heavy atom. The highest BCUT2D eigenvalue weighted by atomic mass is 19.4. The van der Waals surface area contributed by atoms with E-state index in [9.17, 15) is 18.0 Å². The largest absolute Gasteiger partial charge is 0.468 e. The minimum absolute atomic E-state index is 0.0299. The van der Waals surface area contributed by atoms with Crippen molar-refractivity contribution < 1.29 is 22.4 Å². The van der Waals surface area contributed by atoms with Crippen molar-refractivity contribution >= 4 is 17.4 Å². The number of likely N-dealkylation sites (N-methyl/N-ethyl adjacent to an activating group) is 1. The van der Waals surface area contributed by atoms with Crippen LogP contribution in [-0.2, 0) is 11.0 Å². The van der Waals surface area contributed by atoms with Crippen LogP contribution >= 0.6 is 0 Å². The summed E-state index contributed by atoms with van der Waals surface area (Å²) in [4.78, 5) is 16.5. The van der Waals surface area contributed by atoms with Gasteiger partial charge < -0.3 is 14.6 Å². The third-order valence-corrected chi connectivity index (χ3v) is 5.66. The number of carbonyl (C=O) groups is 1. The highest BCUT2D eigenvalue weighted by Crippen LogP contribution is 2.29. The van der Waals surface area contributed by atoms with Crippen molar-refractivity contribution in [2.75, 3.05) is 38.6 Å². The average molecular weight is 451 g/mol. The molecule has 1 fully saturated rings. The number of nitrogens with zero attached hydrogens (tertiary/aromatic N) is 6. The molecule has 12 heteroatoms. The summed E-state index contributed by atoms with van der Waals surface area (Å²) >= 11 is 0. The monoisotopic (exact) mass is 451 g/mol. The molecule has 1 N–H and O–H groups in total. The molecule has 1 atom stereocenters. The first-order valence-electron chi connectivity index (χ1n) is 10.3. The third kappa shape index (κ3) is 4.54. The van der Waals surface area contributed by atoms with Crippen molar-refractivity contribution in [3.63, 3.8) is 0 Å². The van der Waals surface area contributed by atoms with E-state index < -0.39 is 12.0 Å². The van der Waals surface area contributed by atoms with Crippen molar-refractivity contribution in [1.82, 2.24) is 30.0 Å². The van der Waals surface area contributed by atoms with Crippen molar-refractivity contribution in [1.29, 1.82) is 0 Å². The molecule has 0 saturated carbocycles. The predicted octanol–water partition coefficient (Wildman–Crippen LogP) is 2.37. The Balaban J connectivity index is 1.36. The lowest BCUT2D eigenvalue weighted by Crippen LogP contribution is -2.43. The predicted molar refractivity (Wildman–Crippen MR) is 109 cm³/mol. The standard InChI is InChI=1S/C20H24F3N7O2/c1-28(2)14(15-4-3-11-32-15)12-24-18(31)13-7-9-29(10-8-13)17-6-5-16-25-26-19(20(21,22)23)30(16)27-17/h3-6,11,13-14H,7-10,12H2,1-2H3,(H,24,31). The first kappa shape index (κ1) is 22.1. The molecule has 0 aromatic carbocycles. The van der Waals surface area contributed by atoms with Crippen LogP contribution < -0.4 is 10.2 Å². The van der Waals surface area contributed by atoms with Gasteiger partial charge in [0.25, 0.3) is 5.82 Å². The Kier molecular flexibility index (Phi) is 6.04. The second-order valence-corrected chi connectivity index (χ2v) is 7.98. The number of halogens is 3. The zero-order chi connectivity index (χ0) is 22.9. The van der Waals surface area contributed by atoms with Crippen molar-refractivity contribution in [3.8, 4) is 0 Å². The lowest BCUT2D eigenvalue weighted by atomic mass is 9.95. The molecule has 0 bridgehead atoms. The van der Waals surface area contributed by atoms with Crippen LogP contribution in [0.15, 0.2) is 34.9 Å². The zero-order valence-electron chi connectivity index (χ0n) is 17.7. The van der Waals surface area contributed by atoms with E-state index in [1.54, 1.807) is 12.3 Å². The van der Waals surface area contributed by atoms with Gasteiger partial charge in [-0.05, 0) is 51.2 Å². The Morgan fingerprint density at radius 3 is 2.62 bits per heavy atom. The van der Waals surface area contributed by atoms with Gasteiger partial charge in [-0.3, -0.25) is 9.69 Å². The Hall–Kier alpha value is -3.15. The van der Waals surface area contributed by atoms with Crippen LogP contribution in [-0.4, -0.2) is 64.3 Å². The molecule has 3 aromatic heterocycles. The van der Waals surface area contributed by atoms with E-state index in [4.69, 9.17) is 4.42 Å². The molecule has 4 rings (SSSR count). The molecular weight excluding hydrogens is 427 g/mol. The van der Waals surface area contributed by atoms with Gasteiger partial charge in [-0.2, -0.15) is 17.7 Å². The van der Waals surface area contributed by atoms with Crippen LogP contribution in [0.2, 0.25) is 0 Å². The van der Waals surface area contributed by atoms with Gasteiger partial charge in [-0.1, -0.05) is 0 Å². The Labute approximate surface area is 182 Å². The number of fused-ring (bicyclic) bond motifs is 1. The zero-order valence-corrected chi connectivity index (χ0v) is 17.7. The number of rotatable bonds is 6. The van der Waals surface area contributed by atoms with Gasteiger partial charge in [0.15, 0.2) is 5.65 Å². The number of aromatic nitrogens is 4. The quantitative estimate of drug-likeness (QED) is 0.615. The summed E-state index contributed by atoms with van der Waals surface area (Å²) in [6.07, 6.45) is -1.89. The fourth-order valence-electron chi connectivity index (χ4n) is 3.86. The molecule has 9 nitrogen and oxygen atoms in total. The summed E-state index contributed by atoms with van der Waals surface area (Å²) in [6.45, 7) is 1.44. The molecule has 3 aromatic rings. The smallest absolute Gasteiger partial charge is 0.453 e. The van der Waals surface area contributed by atoms with Gasteiger partial charge in [0, 0.05) is 25.6 Å². The minimum atomic E-state index is -4.64. The van der Waals surface area contributed by atoms with Crippen LogP contribution in [0.3, 0.4) is 0 Å². The van der Waals surface area contributed by atoms with Gasteiger partial charge in [0.05, 0.1) is 12.3 Å². The molecule has 172 valence electrons. The summed E-state index contributed by atoms with van der Waals surface area (Å²) in [6, 6.07) is 6.69. The number of hydrogen-bond acceptors (Lipinski definition) is 7. The van der Waals surface area contributed by atoms with Crippen molar-refractivity contribution in [3.05, 3.63) is 42.1 Å². The van der Waals surface area contributed by atoms with E-state index in [2.05, 4.69) is 20.6 Å². The van der Waals surface area contributed by atoms with Crippen LogP contribution in [0.1, 0.15) is 30.5 Å². The highest BCUT2D eigenvalue weighted by molar-refractivity contribution is 5.79. The normalized spacial score (nSPS) is 16.6. The number of hydrogen-bond donors (Lipinski definition) is 1. The van der Waals surface area contributed by atoms with Crippen LogP contribution in [0.4, 0.5) is 19.0 Å². The van der Waals surface area contributed by atoms with Crippen molar-refractivity contribution in [2.24, 2.45) is 5.92 Å². The molecule has 32 heavy (non-hydrogen) atoms. The Morgan fingerprint density at radius 1 is 1.25 bits per heavy atom. The van der Waals surface area contributed by atoms with E-state index in [0.29, 0.717) is 42.8 Å². The number of furan rings is 1. The topological polar surface area (TPSA) is 91.8 Å². The van der Waals surface area contributed by atoms with Crippen molar-refractivity contribution in [2.45, 2.75) is 25.1 Å². The number of nitrogens with one attached hydrogen (secondary N) is 1. The molecular formula is C20H24F3N7O2. The van der Waals surface area contributed by atoms with Gasteiger partial charge in [0.1, 0.15) is 11.6 Å². The van der Waals surface area contributed by atoms with E-state index >= 15 is 0 Å². The molecule has 4 heterocycles. The second-order valence-electron chi connectivity index (χ2n) is 7.98. The summed E-state index contributed by atoms with van der Waals surface area (Å²) < 4.78 is 45.5. The first-order chi connectivity index (χ1) is 15.2. The number of piperidine rings is 1. The van der Waals surface area contributed by atoms with Gasteiger partial charge in [-0.25, -0.2) is 0 Å². The van der Waals surface area contributed by atoms with Gasteiger partial charge in [-0.15, -0.1) is 15.3 Å². The van der Waals surface area contributed by atoms with Gasteiger partial charge >= 0.3 is 6.18 Å². The van der Waals surface area contributed by atoms with Crippen LogP contribution in [0.5, 0.6) is 0 Å². The number of carbonyl (C=O) groups excluding carboxylic acids is 1. The number of amides is 1. The lowest BCUT2D eigenvalue weighted by Gasteiger charge is -2.32. The molecule has 0 spiro atoms. The third-order valence-electron chi connectivity index (χ3n) is 5.66.